The van der Waals surface area contributed by atoms with E-state index in [1.807, 2.05) is 0 Å². The van der Waals surface area contributed by atoms with Crippen molar-refractivity contribution < 1.29 is 9.90 Å². The zero-order chi connectivity index (χ0) is 21.7. The van der Waals surface area contributed by atoms with Gasteiger partial charge in [0.2, 0.25) is 0 Å². The molecule has 0 spiro atoms. The maximum absolute atomic E-state index is 11.0. The van der Waals surface area contributed by atoms with Crippen molar-refractivity contribution in [2.75, 3.05) is 0 Å². The molecule has 0 aromatic rings. The number of unbranched alkanes of at least 4 members (excludes halogenated alkanes) is 12. The predicted octanol–water partition coefficient (Wildman–Crippen LogP) is 9.54. The van der Waals surface area contributed by atoms with E-state index in [1.165, 1.54) is 128 Å². The molecule has 0 aromatic heterocycles. The number of hydrogen-bond donors (Lipinski definition) is 1. The minimum absolute atomic E-state index is 0.311. The second-order valence-corrected chi connectivity index (χ2v) is 9.35. The molecule has 1 fully saturated rings. The minimum atomic E-state index is -0.648. The Morgan fingerprint density at radius 2 is 1.23 bits per heavy atom. The summed E-state index contributed by atoms with van der Waals surface area (Å²) < 4.78 is 0. The van der Waals surface area contributed by atoms with Gasteiger partial charge in [0.25, 0.3) is 0 Å². The molecule has 2 heteroatoms. The fourth-order valence-corrected chi connectivity index (χ4v) is 4.65. The normalized spacial score (nSPS) is 14.5. The molecule has 1 N–H and O–H groups in total. The summed E-state index contributed by atoms with van der Waals surface area (Å²) in [7, 11) is 0. The molecule has 1 aliphatic rings. The average molecular weight is 419 g/mol. The quantitative estimate of drug-likeness (QED) is 0.167. The van der Waals surface area contributed by atoms with E-state index in [9.17, 15) is 4.79 Å². The Balaban J connectivity index is 1.99. The van der Waals surface area contributed by atoms with Crippen LogP contribution in [0.15, 0.2) is 23.3 Å². The van der Waals surface area contributed by atoms with Gasteiger partial charge in [0.1, 0.15) is 0 Å². The van der Waals surface area contributed by atoms with E-state index in [-0.39, 0.29) is 0 Å². The zero-order valence-electron chi connectivity index (χ0n) is 20.1. The van der Waals surface area contributed by atoms with Crippen molar-refractivity contribution in [1.29, 1.82) is 0 Å². The van der Waals surface area contributed by atoms with Crippen LogP contribution in [0.3, 0.4) is 0 Å². The van der Waals surface area contributed by atoms with Gasteiger partial charge in [0.05, 0.1) is 0 Å². The fourth-order valence-electron chi connectivity index (χ4n) is 4.65. The lowest BCUT2D eigenvalue weighted by Crippen LogP contribution is -2.02. The van der Waals surface area contributed by atoms with Crippen LogP contribution in [0.1, 0.15) is 148 Å². The molecule has 0 unspecified atom stereocenters. The van der Waals surface area contributed by atoms with E-state index in [2.05, 4.69) is 19.1 Å². The molecule has 0 amide bonds. The summed E-state index contributed by atoms with van der Waals surface area (Å²) in [5, 5.41) is 9.05. The molecule has 1 saturated carbocycles. The van der Waals surface area contributed by atoms with Crippen molar-refractivity contribution in [2.24, 2.45) is 0 Å². The zero-order valence-corrected chi connectivity index (χ0v) is 20.1. The molecule has 30 heavy (non-hydrogen) atoms. The van der Waals surface area contributed by atoms with Crippen molar-refractivity contribution in [3.63, 3.8) is 0 Å². The SMILES string of the molecule is CCCCCCCC/C=C/CCCCCCCCC(CCC(=O)O)=C1CCCCC1. The third kappa shape index (κ3) is 15.7. The van der Waals surface area contributed by atoms with Crippen LogP contribution in [0.25, 0.3) is 0 Å². The van der Waals surface area contributed by atoms with Gasteiger partial charge < -0.3 is 5.11 Å². The summed E-state index contributed by atoms with van der Waals surface area (Å²) >= 11 is 0. The van der Waals surface area contributed by atoms with Crippen molar-refractivity contribution >= 4 is 5.97 Å². The first-order valence-electron chi connectivity index (χ1n) is 13.3. The molecule has 0 bridgehead atoms. The third-order valence-electron chi connectivity index (χ3n) is 6.59. The summed E-state index contributed by atoms with van der Waals surface area (Å²) in [6.45, 7) is 2.28. The summed E-state index contributed by atoms with van der Waals surface area (Å²) in [5.41, 5.74) is 3.10. The molecular weight excluding hydrogens is 368 g/mol. The monoisotopic (exact) mass is 418 g/mol. The summed E-state index contributed by atoms with van der Waals surface area (Å²) in [6, 6.07) is 0. The molecule has 0 aliphatic heterocycles. The third-order valence-corrected chi connectivity index (χ3v) is 6.59. The van der Waals surface area contributed by atoms with Gasteiger partial charge in [0.15, 0.2) is 0 Å². The first kappa shape index (κ1) is 27.0. The standard InChI is InChI=1S/C28H50O2/c1-2-3-4-5-6-7-8-9-10-11-12-13-14-15-16-18-23-27(24-25-28(29)30)26-21-19-17-20-22-26/h9-10H,2-8,11-25H2,1H3,(H,29,30)/b10-9+. The van der Waals surface area contributed by atoms with E-state index >= 15 is 0 Å². The Bertz CT molecular complexity index is 467. The Morgan fingerprint density at radius 3 is 1.80 bits per heavy atom. The maximum atomic E-state index is 11.0. The number of carbonyl (C=O) groups is 1. The Hall–Kier alpha value is -1.05. The molecule has 0 aromatic carbocycles. The van der Waals surface area contributed by atoms with Crippen LogP contribution >= 0.6 is 0 Å². The highest BCUT2D eigenvalue weighted by atomic mass is 16.4. The van der Waals surface area contributed by atoms with Crippen LogP contribution in [0.2, 0.25) is 0 Å². The highest BCUT2D eigenvalue weighted by Crippen LogP contribution is 2.30. The highest BCUT2D eigenvalue weighted by Gasteiger charge is 2.12. The Kier molecular flexibility index (Phi) is 17.9. The van der Waals surface area contributed by atoms with Crippen molar-refractivity contribution in [3.8, 4) is 0 Å². The second kappa shape index (κ2) is 19.9. The van der Waals surface area contributed by atoms with Crippen LogP contribution in [-0.4, -0.2) is 11.1 Å². The van der Waals surface area contributed by atoms with Crippen molar-refractivity contribution in [1.82, 2.24) is 0 Å². The van der Waals surface area contributed by atoms with E-state index < -0.39 is 5.97 Å². The predicted molar refractivity (Wildman–Crippen MR) is 131 cm³/mol. The largest absolute Gasteiger partial charge is 0.481 e. The van der Waals surface area contributed by atoms with Gasteiger partial charge in [-0.1, -0.05) is 94.4 Å². The number of carboxylic acid groups (broad SMARTS) is 1. The lowest BCUT2D eigenvalue weighted by atomic mass is 9.87. The van der Waals surface area contributed by atoms with Gasteiger partial charge in [-0.25, -0.2) is 0 Å². The number of carboxylic acids is 1. The molecule has 1 rings (SSSR count). The number of hydrogen-bond acceptors (Lipinski definition) is 1. The number of aliphatic carboxylic acids is 1. The number of rotatable bonds is 19. The van der Waals surface area contributed by atoms with Gasteiger partial charge in [-0.15, -0.1) is 0 Å². The molecular formula is C28H50O2. The van der Waals surface area contributed by atoms with E-state index in [4.69, 9.17) is 5.11 Å². The maximum Gasteiger partial charge on any atom is 0.303 e. The molecule has 0 atom stereocenters. The number of allylic oxidation sites excluding steroid dienone is 4. The van der Waals surface area contributed by atoms with Crippen LogP contribution in [0.5, 0.6) is 0 Å². The lowest BCUT2D eigenvalue weighted by Gasteiger charge is -2.19. The van der Waals surface area contributed by atoms with E-state index in [0.717, 1.165) is 12.8 Å². The van der Waals surface area contributed by atoms with Gasteiger partial charge in [-0.3, -0.25) is 4.79 Å². The second-order valence-electron chi connectivity index (χ2n) is 9.35. The van der Waals surface area contributed by atoms with Gasteiger partial charge >= 0.3 is 5.97 Å². The van der Waals surface area contributed by atoms with Crippen LogP contribution in [-0.2, 0) is 4.79 Å². The van der Waals surface area contributed by atoms with Crippen molar-refractivity contribution in [3.05, 3.63) is 23.3 Å². The first-order valence-corrected chi connectivity index (χ1v) is 13.3. The molecule has 0 saturated heterocycles. The molecule has 174 valence electrons. The van der Waals surface area contributed by atoms with Crippen LogP contribution in [0, 0.1) is 0 Å². The van der Waals surface area contributed by atoms with E-state index in [0.29, 0.717) is 6.42 Å². The molecule has 2 nitrogen and oxygen atoms in total. The average Bonchev–Trinajstić information content (AvgIpc) is 2.76. The van der Waals surface area contributed by atoms with E-state index in [1.54, 1.807) is 5.57 Å². The van der Waals surface area contributed by atoms with Crippen LogP contribution in [0.4, 0.5) is 0 Å². The lowest BCUT2D eigenvalue weighted by molar-refractivity contribution is -0.136. The highest BCUT2D eigenvalue weighted by molar-refractivity contribution is 5.67. The molecule has 0 radical (unpaired) electrons. The summed E-state index contributed by atoms with van der Waals surface area (Å²) in [5.74, 6) is -0.648. The summed E-state index contributed by atoms with van der Waals surface area (Å²) in [4.78, 5) is 11.0. The van der Waals surface area contributed by atoms with Crippen LogP contribution < -0.4 is 0 Å². The Morgan fingerprint density at radius 1 is 0.700 bits per heavy atom. The molecule has 0 heterocycles. The summed E-state index contributed by atoms with van der Waals surface area (Å²) in [6.07, 6.45) is 32.2. The van der Waals surface area contributed by atoms with Gasteiger partial charge in [0, 0.05) is 6.42 Å². The molecule has 1 aliphatic carbocycles. The topological polar surface area (TPSA) is 37.3 Å². The first-order chi connectivity index (χ1) is 14.7. The van der Waals surface area contributed by atoms with Gasteiger partial charge in [-0.2, -0.15) is 0 Å². The minimum Gasteiger partial charge on any atom is -0.481 e. The van der Waals surface area contributed by atoms with Crippen molar-refractivity contribution in [2.45, 2.75) is 148 Å². The Labute approximate surface area is 187 Å². The smallest absolute Gasteiger partial charge is 0.303 e. The fraction of sp³-hybridized carbons (Fsp3) is 0.821. The van der Waals surface area contributed by atoms with Gasteiger partial charge in [-0.05, 0) is 70.6 Å².